The van der Waals surface area contributed by atoms with Gasteiger partial charge in [-0.2, -0.15) is 0 Å². The van der Waals surface area contributed by atoms with Gasteiger partial charge in [0, 0.05) is 25.1 Å². The second kappa shape index (κ2) is 7.04. The zero-order valence-corrected chi connectivity index (χ0v) is 12.4. The van der Waals surface area contributed by atoms with Crippen LogP contribution in [0.5, 0.6) is 0 Å². The molecule has 1 saturated heterocycles. The Kier molecular flexibility index (Phi) is 4.87. The molecule has 21 heavy (non-hydrogen) atoms. The standard InChI is InChI=1S/C15H24N4O2/c20-14-10-13(18-15(19-14)11-2-3-11)17-6-1-9-21-12-4-7-16-8-5-12/h10-12,16H,1-9H2,(H2,17,18,19,20). The molecule has 2 fully saturated rings. The number of H-pyrrole nitrogens is 1. The fraction of sp³-hybridized carbons (Fsp3) is 0.733. The summed E-state index contributed by atoms with van der Waals surface area (Å²) >= 11 is 0. The van der Waals surface area contributed by atoms with Crippen LogP contribution in [0.1, 0.15) is 43.8 Å². The number of aromatic nitrogens is 2. The summed E-state index contributed by atoms with van der Waals surface area (Å²) in [5.74, 6) is 1.97. The van der Waals surface area contributed by atoms with Crippen LogP contribution in [-0.4, -0.2) is 42.3 Å². The molecule has 3 rings (SSSR count). The SMILES string of the molecule is O=c1cc(NCCCOC2CCNCC2)nc(C2CC2)[nH]1. The van der Waals surface area contributed by atoms with Gasteiger partial charge in [0.2, 0.25) is 0 Å². The number of anilines is 1. The number of rotatable bonds is 7. The third-order valence-corrected chi connectivity index (χ3v) is 3.99. The molecule has 2 heterocycles. The van der Waals surface area contributed by atoms with E-state index in [9.17, 15) is 4.79 Å². The summed E-state index contributed by atoms with van der Waals surface area (Å²) in [7, 11) is 0. The molecule has 0 atom stereocenters. The van der Waals surface area contributed by atoms with E-state index in [1.54, 1.807) is 0 Å². The van der Waals surface area contributed by atoms with Crippen molar-refractivity contribution < 1.29 is 4.74 Å². The molecule has 6 heteroatoms. The van der Waals surface area contributed by atoms with Crippen LogP contribution in [0.15, 0.2) is 10.9 Å². The van der Waals surface area contributed by atoms with Crippen molar-refractivity contribution >= 4 is 5.82 Å². The van der Waals surface area contributed by atoms with E-state index in [-0.39, 0.29) is 5.56 Å². The second-order valence-corrected chi connectivity index (χ2v) is 5.89. The Morgan fingerprint density at radius 3 is 2.86 bits per heavy atom. The van der Waals surface area contributed by atoms with Crippen LogP contribution in [-0.2, 0) is 4.74 Å². The molecule has 1 saturated carbocycles. The molecule has 1 aromatic heterocycles. The van der Waals surface area contributed by atoms with Crippen molar-refractivity contribution in [2.24, 2.45) is 0 Å². The summed E-state index contributed by atoms with van der Waals surface area (Å²) < 4.78 is 5.85. The number of aromatic amines is 1. The van der Waals surface area contributed by atoms with Gasteiger partial charge >= 0.3 is 0 Å². The molecule has 3 N–H and O–H groups in total. The molecule has 2 aliphatic rings. The number of nitrogens with zero attached hydrogens (tertiary/aromatic N) is 1. The van der Waals surface area contributed by atoms with E-state index in [1.807, 2.05) is 0 Å². The summed E-state index contributed by atoms with van der Waals surface area (Å²) in [5, 5.41) is 6.55. The Labute approximate surface area is 124 Å². The number of hydrogen-bond donors (Lipinski definition) is 3. The fourth-order valence-corrected chi connectivity index (χ4v) is 2.62. The van der Waals surface area contributed by atoms with E-state index in [1.165, 1.54) is 6.07 Å². The van der Waals surface area contributed by atoms with Gasteiger partial charge < -0.3 is 20.4 Å². The van der Waals surface area contributed by atoms with Crippen LogP contribution in [0.2, 0.25) is 0 Å². The molecule has 116 valence electrons. The van der Waals surface area contributed by atoms with Crippen molar-refractivity contribution in [1.29, 1.82) is 0 Å². The second-order valence-electron chi connectivity index (χ2n) is 5.89. The van der Waals surface area contributed by atoms with E-state index < -0.39 is 0 Å². The molecular weight excluding hydrogens is 268 g/mol. The van der Waals surface area contributed by atoms with E-state index in [4.69, 9.17) is 4.74 Å². The Morgan fingerprint density at radius 1 is 1.29 bits per heavy atom. The van der Waals surface area contributed by atoms with Gasteiger partial charge in [0.25, 0.3) is 5.56 Å². The lowest BCUT2D eigenvalue weighted by Gasteiger charge is -2.22. The number of hydrogen-bond acceptors (Lipinski definition) is 5. The topological polar surface area (TPSA) is 79.0 Å². The minimum atomic E-state index is -0.0691. The van der Waals surface area contributed by atoms with Gasteiger partial charge in [-0.25, -0.2) is 4.98 Å². The zero-order valence-electron chi connectivity index (χ0n) is 12.4. The van der Waals surface area contributed by atoms with Crippen LogP contribution in [0, 0.1) is 0 Å². The lowest BCUT2D eigenvalue weighted by atomic mass is 10.1. The molecule has 0 spiro atoms. The molecule has 0 unspecified atom stereocenters. The van der Waals surface area contributed by atoms with Crippen molar-refractivity contribution in [1.82, 2.24) is 15.3 Å². The van der Waals surface area contributed by atoms with Crippen molar-refractivity contribution in [3.8, 4) is 0 Å². The number of nitrogens with one attached hydrogen (secondary N) is 3. The molecule has 1 aliphatic carbocycles. The first-order chi connectivity index (χ1) is 10.3. The van der Waals surface area contributed by atoms with Gasteiger partial charge in [-0.05, 0) is 45.2 Å². The maximum absolute atomic E-state index is 11.6. The Balaban J connectivity index is 1.37. The molecular formula is C15H24N4O2. The summed E-state index contributed by atoms with van der Waals surface area (Å²) in [5.41, 5.74) is -0.0691. The first-order valence-corrected chi connectivity index (χ1v) is 7.99. The molecule has 0 bridgehead atoms. The largest absolute Gasteiger partial charge is 0.378 e. The highest BCUT2D eigenvalue weighted by Crippen LogP contribution is 2.37. The smallest absolute Gasteiger partial charge is 0.252 e. The van der Waals surface area contributed by atoms with Crippen LogP contribution in [0.4, 0.5) is 5.82 Å². The van der Waals surface area contributed by atoms with E-state index in [0.717, 1.165) is 64.2 Å². The average molecular weight is 292 g/mol. The monoisotopic (exact) mass is 292 g/mol. The minimum absolute atomic E-state index is 0.0691. The third kappa shape index (κ3) is 4.54. The molecule has 1 aliphatic heterocycles. The van der Waals surface area contributed by atoms with E-state index in [0.29, 0.717) is 17.8 Å². The summed E-state index contributed by atoms with van der Waals surface area (Å²) in [6, 6.07) is 1.53. The quantitative estimate of drug-likeness (QED) is 0.659. The van der Waals surface area contributed by atoms with Crippen LogP contribution < -0.4 is 16.2 Å². The highest BCUT2D eigenvalue weighted by Gasteiger charge is 2.26. The van der Waals surface area contributed by atoms with Gasteiger partial charge in [-0.15, -0.1) is 0 Å². The van der Waals surface area contributed by atoms with Crippen LogP contribution in [0.25, 0.3) is 0 Å². The van der Waals surface area contributed by atoms with Gasteiger partial charge in [-0.3, -0.25) is 4.79 Å². The van der Waals surface area contributed by atoms with E-state index >= 15 is 0 Å². The Bertz CT molecular complexity index is 507. The molecule has 1 aromatic rings. The predicted octanol–water partition coefficient (Wildman–Crippen LogP) is 1.22. The average Bonchev–Trinajstić information content (AvgIpc) is 3.32. The summed E-state index contributed by atoms with van der Waals surface area (Å²) in [6.07, 6.45) is 5.82. The van der Waals surface area contributed by atoms with Crippen LogP contribution >= 0.6 is 0 Å². The maximum Gasteiger partial charge on any atom is 0.252 e. The lowest BCUT2D eigenvalue weighted by molar-refractivity contribution is 0.0329. The number of piperidine rings is 1. The zero-order chi connectivity index (χ0) is 14.5. The molecule has 6 nitrogen and oxygen atoms in total. The first kappa shape index (κ1) is 14.5. The normalized spacial score (nSPS) is 19.6. The first-order valence-electron chi connectivity index (χ1n) is 7.99. The van der Waals surface area contributed by atoms with Gasteiger partial charge in [0.1, 0.15) is 11.6 Å². The van der Waals surface area contributed by atoms with Crippen LogP contribution in [0.3, 0.4) is 0 Å². The highest BCUT2D eigenvalue weighted by atomic mass is 16.5. The van der Waals surface area contributed by atoms with Crippen molar-refractivity contribution in [2.45, 2.75) is 44.1 Å². The highest BCUT2D eigenvalue weighted by molar-refractivity contribution is 5.33. The molecule has 0 amide bonds. The van der Waals surface area contributed by atoms with Crippen molar-refractivity contribution in [3.05, 3.63) is 22.2 Å². The number of ether oxygens (including phenoxy) is 1. The van der Waals surface area contributed by atoms with Gasteiger partial charge in [0.05, 0.1) is 6.10 Å². The predicted molar refractivity (Wildman–Crippen MR) is 81.8 cm³/mol. The molecule has 0 aromatic carbocycles. The van der Waals surface area contributed by atoms with Crippen molar-refractivity contribution in [2.75, 3.05) is 31.6 Å². The molecule has 0 radical (unpaired) electrons. The van der Waals surface area contributed by atoms with Gasteiger partial charge in [-0.1, -0.05) is 0 Å². The van der Waals surface area contributed by atoms with E-state index in [2.05, 4.69) is 20.6 Å². The Morgan fingerprint density at radius 2 is 2.10 bits per heavy atom. The fourth-order valence-electron chi connectivity index (χ4n) is 2.62. The minimum Gasteiger partial charge on any atom is -0.378 e. The van der Waals surface area contributed by atoms with Crippen molar-refractivity contribution in [3.63, 3.8) is 0 Å². The maximum atomic E-state index is 11.6. The lowest BCUT2D eigenvalue weighted by Crippen LogP contribution is -2.32. The van der Waals surface area contributed by atoms with Gasteiger partial charge in [0.15, 0.2) is 0 Å². The Hall–Kier alpha value is -1.40. The summed E-state index contributed by atoms with van der Waals surface area (Å²) in [6.45, 7) is 3.66. The third-order valence-electron chi connectivity index (χ3n) is 3.99. The summed E-state index contributed by atoms with van der Waals surface area (Å²) in [4.78, 5) is 18.9.